The van der Waals surface area contributed by atoms with Crippen molar-refractivity contribution in [2.75, 3.05) is 0 Å². The highest BCUT2D eigenvalue weighted by atomic mass is 15.0. The van der Waals surface area contributed by atoms with E-state index in [1.165, 1.54) is 5.56 Å². The van der Waals surface area contributed by atoms with E-state index in [-0.39, 0.29) is 0 Å². The van der Waals surface area contributed by atoms with E-state index < -0.39 is 0 Å². The van der Waals surface area contributed by atoms with Gasteiger partial charge in [-0.1, -0.05) is 12.1 Å². The minimum absolute atomic E-state index is 0.648. The quantitative estimate of drug-likeness (QED) is 0.648. The molecule has 0 saturated heterocycles. The van der Waals surface area contributed by atoms with Gasteiger partial charge < -0.3 is 0 Å². The first-order valence-corrected chi connectivity index (χ1v) is 6.47. The number of hydrogen-bond acceptors (Lipinski definition) is 4. The van der Waals surface area contributed by atoms with Gasteiger partial charge in [-0.2, -0.15) is 10.2 Å². The molecule has 0 aliphatic rings. The van der Waals surface area contributed by atoms with E-state index in [2.05, 4.69) is 24.1 Å². The molecule has 0 heterocycles. The predicted molar refractivity (Wildman–Crippen MR) is 80.4 cm³/mol. The van der Waals surface area contributed by atoms with Gasteiger partial charge in [0.2, 0.25) is 0 Å². The van der Waals surface area contributed by atoms with Crippen LogP contribution in [0, 0.1) is 38.8 Å². The van der Waals surface area contributed by atoms with Crippen molar-refractivity contribution in [1.82, 2.24) is 0 Å². The molecule has 2 N–H and O–H groups in total. The minimum atomic E-state index is 0.648. The van der Waals surface area contributed by atoms with E-state index in [1.54, 1.807) is 0 Å². The van der Waals surface area contributed by atoms with E-state index in [4.69, 9.17) is 11.1 Å². The summed E-state index contributed by atoms with van der Waals surface area (Å²) in [6, 6.07) is 7.65. The molecule has 4 nitrogen and oxygen atoms in total. The van der Waals surface area contributed by atoms with Gasteiger partial charge in [-0.3, -0.25) is 0 Å². The van der Waals surface area contributed by atoms with Crippen LogP contribution in [0.2, 0.25) is 0 Å². The average molecular weight is 266 g/mol. The number of nitrogens with zero attached hydrogens (tertiary/aromatic N) is 2. The van der Waals surface area contributed by atoms with Crippen LogP contribution in [0.1, 0.15) is 22.3 Å². The Morgan fingerprint density at radius 2 is 1.20 bits per heavy atom. The first kappa shape index (κ1) is 14.1. The lowest BCUT2D eigenvalue weighted by molar-refractivity contribution is 1.10. The SMILES string of the molecule is Cc1c(C)c(-c2ccc(N=N)cc2)c(C)c(C)c1N=N. The van der Waals surface area contributed by atoms with Crippen LogP contribution in [0.5, 0.6) is 0 Å². The Kier molecular flexibility index (Phi) is 3.74. The molecule has 4 heteroatoms. The van der Waals surface area contributed by atoms with Crippen LogP contribution in [-0.4, -0.2) is 0 Å². The van der Waals surface area contributed by atoms with Crippen molar-refractivity contribution in [2.24, 2.45) is 10.2 Å². The lowest BCUT2D eigenvalue weighted by Gasteiger charge is -2.18. The standard InChI is InChI=1S/C16H18N4/c1-9-11(3)16(20-18)12(4)10(2)15(9)13-5-7-14(19-17)8-6-13/h5-8,17-18H,1-4H3. The molecule has 0 aliphatic heterocycles. The zero-order chi connectivity index (χ0) is 14.9. The van der Waals surface area contributed by atoms with E-state index in [0.717, 1.165) is 33.5 Å². The van der Waals surface area contributed by atoms with Crippen LogP contribution in [-0.2, 0) is 0 Å². The maximum absolute atomic E-state index is 7.34. The monoisotopic (exact) mass is 266 g/mol. The highest BCUT2D eigenvalue weighted by Crippen LogP contribution is 2.38. The maximum atomic E-state index is 7.34. The van der Waals surface area contributed by atoms with Gasteiger partial charge in [-0.05, 0) is 73.2 Å². The summed E-state index contributed by atoms with van der Waals surface area (Å²) in [4.78, 5) is 0. The summed E-state index contributed by atoms with van der Waals surface area (Å²) >= 11 is 0. The summed E-state index contributed by atoms with van der Waals surface area (Å²) in [5, 5.41) is 7.09. The largest absolute Gasteiger partial charge is 0.204 e. The second-order valence-electron chi connectivity index (χ2n) is 4.99. The topological polar surface area (TPSA) is 72.4 Å². The summed E-state index contributed by atoms with van der Waals surface area (Å²) in [6.07, 6.45) is 0. The molecule has 0 radical (unpaired) electrons. The van der Waals surface area contributed by atoms with Crippen LogP contribution in [0.25, 0.3) is 11.1 Å². The van der Waals surface area contributed by atoms with Gasteiger partial charge in [0.15, 0.2) is 0 Å². The predicted octanol–water partition coefficient (Wildman–Crippen LogP) is 5.91. The fraction of sp³-hybridized carbons (Fsp3) is 0.250. The Morgan fingerprint density at radius 1 is 0.700 bits per heavy atom. The van der Waals surface area contributed by atoms with Gasteiger partial charge in [0.1, 0.15) is 0 Å². The molecule has 0 atom stereocenters. The van der Waals surface area contributed by atoms with Crippen LogP contribution < -0.4 is 0 Å². The van der Waals surface area contributed by atoms with Gasteiger partial charge in [-0.15, -0.1) is 0 Å². The molecule has 0 unspecified atom stereocenters. The van der Waals surface area contributed by atoms with E-state index >= 15 is 0 Å². The second-order valence-corrected chi connectivity index (χ2v) is 4.99. The molecule has 0 bridgehead atoms. The lowest BCUT2D eigenvalue weighted by atomic mass is 9.88. The third-order valence-electron chi connectivity index (χ3n) is 3.98. The lowest BCUT2D eigenvalue weighted by Crippen LogP contribution is -1.96. The molecule has 0 aliphatic carbocycles. The molecule has 2 aromatic rings. The zero-order valence-electron chi connectivity index (χ0n) is 12.2. The fourth-order valence-electron chi connectivity index (χ4n) is 2.60. The fourth-order valence-corrected chi connectivity index (χ4v) is 2.60. The van der Waals surface area contributed by atoms with Crippen molar-refractivity contribution in [3.63, 3.8) is 0 Å². The number of hydrogen-bond donors (Lipinski definition) is 2. The Balaban J connectivity index is 2.73. The van der Waals surface area contributed by atoms with Gasteiger partial charge in [0.05, 0.1) is 11.4 Å². The van der Waals surface area contributed by atoms with Gasteiger partial charge in [0.25, 0.3) is 0 Å². The Bertz CT molecular complexity index is 656. The van der Waals surface area contributed by atoms with Crippen molar-refractivity contribution in [2.45, 2.75) is 27.7 Å². The van der Waals surface area contributed by atoms with Crippen molar-refractivity contribution in [3.8, 4) is 11.1 Å². The van der Waals surface area contributed by atoms with Crippen LogP contribution in [0.4, 0.5) is 11.4 Å². The molecule has 102 valence electrons. The van der Waals surface area contributed by atoms with Crippen LogP contribution in [0.15, 0.2) is 34.5 Å². The minimum Gasteiger partial charge on any atom is -0.204 e. The van der Waals surface area contributed by atoms with E-state index in [1.807, 2.05) is 38.1 Å². The Labute approximate surface area is 118 Å². The molecular weight excluding hydrogens is 248 g/mol. The van der Waals surface area contributed by atoms with Crippen molar-refractivity contribution in [1.29, 1.82) is 11.1 Å². The molecular formula is C16H18N4. The summed E-state index contributed by atoms with van der Waals surface area (Å²) in [5.41, 5.74) is 22.5. The second kappa shape index (κ2) is 5.33. The first-order valence-electron chi connectivity index (χ1n) is 6.47. The van der Waals surface area contributed by atoms with Crippen molar-refractivity contribution in [3.05, 3.63) is 46.5 Å². The molecule has 2 aromatic carbocycles. The molecule has 0 saturated carbocycles. The van der Waals surface area contributed by atoms with Gasteiger partial charge in [0, 0.05) is 0 Å². The molecule has 0 aromatic heterocycles. The molecule has 20 heavy (non-hydrogen) atoms. The smallest absolute Gasteiger partial charge is 0.0913 e. The van der Waals surface area contributed by atoms with Crippen LogP contribution >= 0.6 is 0 Å². The third-order valence-corrected chi connectivity index (χ3v) is 3.98. The van der Waals surface area contributed by atoms with Crippen molar-refractivity contribution >= 4 is 11.4 Å². The highest BCUT2D eigenvalue weighted by molar-refractivity contribution is 5.78. The number of rotatable bonds is 3. The molecule has 0 spiro atoms. The Morgan fingerprint density at radius 3 is 1.60 bits per heavy atom. The normalized spacial score (nSPS) is 10.4. The highest BCUT2D eigenvalue weighted by Gasteiger charge is 2.15. The maximum Gasteiger partial charge on any atom is 0.0913 e. The summed E-state index contributed by atoms with van der Waals surface area (Å²) in [6.45, 7) is 8.14. The van der Waals surface area contributed by atoms with E-state index in [9.17, 15) is 0 Å². The molecule has 2 rings (SSSR count). The van der Waals surface area contributed by atoms with Gasteiger partial charge in [-0.25, -0.2) is 11.1 Å². The molecule has 0 amide bonds. The first-order chi connectivity index (χ1) is 9.51. The summed E-state index contributed by atoms with van der Waals surface area (Å²) in [7, 11) is 0. The van der Waals surface area contributed by atoms with Gasteiger partial charge >= 0.3 is 0 Å². The summed E-state index contributed by atoms with van der Waals surface area (Å²) in [5.74, 6) is 0. The molecule has 0 fully saturated rings. The zero-order valence-corrected chi connectivity index (χ0v) is 12.2. The van der Waals surface area contributed by atoms with Crippen molar-refractivity contribution < 1.29 is 0 Å². The third kappa shape index (κ3) is 2.13. The van der Waals surface area contributed by atoms with E-state index in [0.29, 0.717) is 5.69 Å². The van der Waals surface area contributed by atoms with Crippen LogP contribution in [0.3, 0.4) is 0 Å². The Hall–Kier alpha value is -2.36. The number of nitrogens with one attached hydrogen (secondary N) is 2. The summed E-state index contributed by atoms with van der Waals surface area (Å²) < 4.78 is 0. The number of benzene rings is 2. The average Bonchev–Trinajstić information content (AvgIpc) is 2.47.